The van der Waals surface area contributed by atoms with E-state index in [0.29, 0.717) is 6.04 Å². The monoisotopic (exact) mass is 271 g/mol. The molecule has 110 valence electrons. The van der Waals surface area contributed by atoms with Gasteiger partial charge in [0.05, 0.1) is 0 Å². The third kappa shape index (κ3) is 3.85. The van der Waals surface area contributed by atoms with E-state index in [1.165, 1.54) is 57.1 Å². The molecule has 0 spiro atoms. The number of rotatable bonds is 6. The molecule has 2 saturated carbocycles. The zero-order valence-corrected chi connectivity index (χ0v) is 12.9. The smallest absolute Gasteiger partial charge is 0.0348 e. The highest BCUT2D eigenvalue weighted by molar-refractivity contribution is 5.21. The first kappa shape index (κ1) is 14.1. The largest absolute Gasteiger partial charge is 0.310 e. The van der Waals surface area contributed by atoms with Crippen LogP contribution in [0.2, 0.25) is 0 Å². The molecule has 3 atom stereocenters. The van der Waals surface area contributed by atoms with E-state index in [1.807, 2.05) is 0 Å². The molecule has 2 fully saturated rings. The summed E-state index contributed by atoms with van der Waals surface area (Å²) in [6.07, 6.45) is 10.0. The molecule has 3 rings (SSSR count). The highest BCUT2D eigenvalue weighted by Gasteiger charge is 2.31. The van der Waals surface area contributed by atoms with Gasteiger partial charge in [-0.15, -0.1) is 0 Å². The van der Waals surface area contributed by atoms with Crippen molar-refractivity contribution in [3.63, 3.8) is 0 Å². The SMILES string of the molecule is CC1CCCC(CCNC(c2ccccc2)C2CC2)C1. The Bertz CT molecular complexity index is 395. The minimum atomic E-state index is 0.609. The van der Waals surface area contributed by atoms with Crippen molar-refractivity contribution < 1.29 is 0 Å². The first-order chi connectivity index (χ1) is 9.83. The predicted octanol–water partition coefficient (Wildman–Crippen LogP) is 4.94. The first-order valence-corrected chi connectivity index (χ1v) is 8.61. The van der Waals surface area contributed by atoms with Crippen LogP contribution in [-0.2, 0) is 0 Å². The lowest BCUT2D eigenvalue weighted by atomic mass is 9.81. The van der Waals surface area contributed by atoms with Gasteiger partial charge in [-0.1, -0.05) is 56.5 Å². The maximum absolute atomic E-state index is 3.86. The van der Waals surface area contributed by atoms with Crippen LogP contribution in [0.15, 0.2) is 30.3 Å². The number of hydrogen-bond acceptors (Lipinski definition) is 1. The van der Waals surface area contributed by atoms with E-state index in [2.05, 4.69) is 42.6 Å². The molecule has 0 aliphatic heterocycles. The molecule has 0 aromatic heterocycles. The van der Waals surface area contributed by atoms with Crippen molar-refractivity contribution in [1.82, 2.24) is 5.32 Å². The van der Waals surface area contributed by atoms with Gasteiger partial charge in [0, 0.05) is 6.04 Å². The van der Waals surface area contributed by atoms with Crippen LogP contribution in [0.3, 0.4) is 0 Å². The summed E-state index contributed by atoms with van der Waals surface area (Å²) in [6.45, 7) is 3.63. The van der Waals surface area contributed by atoms with Gasteiger partial charge in [-0.05, 0) is 55.5 Å². The van der Waals surface area contributed by atoms with Crippen LogP contribution < -0.4 is 5.32 Å². The van der Waals surface area contributed by atoms with Crippen LogP contribution in [0.1, 0.15) is 63.5 Å². The normalized spacial score (nSPS) is 28.2. The number of nitrogens with one attached hydrogen (secondary N) is 1. The van der Waals surface area contributed by atoms with Crippen LogP contribution >= 0.6 is 0 Å². The second kappa shape index (κ2) is 6.76. The van der Waals surface area contributed by atoms with Gasteiger partial charge in [0.1, 0.15) is 0 Å². The summed E-state index contributed by atoms with van der Waals surface area (Å²) < 4.78 is 0. The van der Waals surface area contributed by atoms with Gasteiger partial charge in [-0.3, -0.25) is 0 Å². The van der Waals surface area contributed by atoms with E-state index in [0.717, 1.165) is 17.8 Å². The summed E-state index contributed by atoms with van der Waals surface area (Å²) >= 11 is 0. The minimum Gasteiger partial charge on any atom is -0.310 e. The Morgan fingerprint density at radius 3 is 2.60 bits per heavy atom. The van der Waals surface area contributed by atoms with Gasteiger partial charge >= 0.3 is 0 Å². The maximum atomic E-state index is 3.86. The van der Waals surface area contributed by atoms with Crippen LogP contribution in [0.25, 0.3) is 0 Å². The van der Waals surface area contributed by atoms with E-state index in [1.54, 1.807) is 0 Å². The first-order valence-electron chi connectivity index (χ1n) is 8.61. The average Bonchev–Trinajstić information content (AvgIpc) is 3.29. The maximum Gasteiger partial charge on any atom is 0.0348 e. The quantitative estimate of drug-likeness (QED) is 0.772. The van der Waals surface area contributed by atoms with Crippen LogP contribution in [-0.4, -0.2) is 6.54 Å². The third-order valence-corrected chi connectivity index (χ3v) is 5.21. The minimum absolute atomic E-state index is 0.609. The lowest BCUT2D eigenvalue weighted by Crippen LogP contribution is -2.26. The Labute approximate surface area is 124 Å². The summed E-state index contributed by atoms with van der Waals surface area (Å²) in [6, 6.07) is 11.7. The molecule has 2 aliphatic carbocycles. The van der Waals surface area contributed by atoms with E-state index in [-0.39, 0.29) is 0 Å². The van der Waals surface area contributed by atoms with Gasteiger partial charge in [0.25, 0.3) is 0 Å². The molecule has 0 amide bonds. The van der Waals surface area contributed by atoms with Gasteiger partial charge in [0.15, 0.2) is 0 Å². The fraction of sp³-hybridized carbons (Fsp3) is 0.684. The van der Waals surface area contributed by atoms with Gasteiger partial charge in [-0.2, -0.15) is 0 Å². The molecular weight excluding hydrogens is 242 g/mol. The van der Waals surface area contributed by atoms with Gasteiger partial charge < -0.3 is 5.32 Å². The molecule has 20 heavy (non-hydrogen) atoms. The van der Waals surface area contributed by atoms with Gasteiger partial charge in [0.2, 0.25) is 0 Å². The number of hydrogen-bond donors (Lipinski definition) is 1. The fourth-order valence-corrected chi connectivity index (χ4v) is 3.91. The Hall–Kier alpha value is -0.820. The predicted molar refractivity (Wildman–Crippen MR) is 85.6 cm³/mol. The standard InChI is InChI=1S/C19H29N/c1-15-6-5-7-16(14-15)12-13-20-19(18-10-11-18)17-8-3-2-4-9-17/h2-4,8-9,15-16,18-20H,5-7,10-14H2,1H3. The zero-order valence-electron chi connectivity index (χ0n) is 12.9. The second-order valence-corrected chi connectivity index (χ2v) is 7.11. The molecule has 1 aromatic carbocycles. The van der Waals surface area contributed by atoms with Crippen molar-refractivity contribution >= 4 is 0 Å². The lowest BCUT2D eigenvalue weighted by molar-refractivity contribution is 0.263. The molecule has 0 radical (unpaired) electrons. The highest BCUT2D eigenvalue weighted by Crippen LogP contribution is 2.41. The van der Waals surface area contributed by atoms with Crippen molar-refractivity contribution in [3.8, 4) is 0 Å². The Balaban J connectivity index is 1.48. The zero-order chi connectivity index (χ0) is 13.8. The Morgan fingerprint density at radius 2 is 1.90 bits per heavy atom. The summed E-state index contributed by atoms with van der Waals surface area (Å²) in [5.74, 6) is 2.83. The summed E-state index contributed by atoms with van der Waals surface area (Å²) in [7, 11) is 0. The summed E-state index contributed by atoms with van der Waals surface area (Å²) in [5, 5.41) is 3.86. The van der Waals surface area contributed by atoms with Crippen molar-refractivity contribution in [1.29, 1.82) is 0 Å². The second-order valence-electron chi connectivity index (χ2n) is 7.11. The van der Waals surface area contributed by atoms with E-state index >= 15 is 0 Å². The average molecular weight is 271 g/mol. The lowest BCUT2D eigenvalue weighted by Gasteiger charge is -2.27. The van der Waals surface area contributed by atoms with Gasteiger partial charge in [-0.25, -0.2) is 0 Å². The molecule has 0 heterocycles. The molecule has 0 saturated heterocycles. The fourth-order valence-electron chi connectivity index (χ4n) is 3.91. The van der Waals surface area contributed by atoms with Crippen molar-refractivity contribution in [2.75, 3.05) is 6.54 Å². The van der Waals surface area contributed by atoms with Crippen molar-refractivity contribution in [2.24, 2.45) is 17.8 Å². The van der Waals surface area contributed by atoms with E-state index in [4.69, 9.17) is 0 Å². The van der Waals surface area contributed by atoms with Crippen molar-refractivity contribution in [2.45, 2.75) is 57.9 Å². The van der Waals surface area contributed by atoms with Crippen LogP contribution in [0.5, 0.6) is 0 Å². The summed E-state index contributed by atoms with van der Waals surface area (Å²) in [5.41, 5.74) is 1.49. The van der Waals surface area contributed by atoms with Crippen molar-refractivity contribution in [3.05, 3.63) is 35.9 Å². The molecule has 2 aliphatic rings. The molecule has 1 N–H and O–H groups in total. The Kier molecular flexibility index (Phi) is 4.77. The molecule has 1 heteroatoms. The Morgan fingerprint density at radius 1 is 1.10 bits per heavy atom. The molecule has 0 bridgehead atoms. The topological polar surface area (TPSA) is 12.0 Å². The highest BCUT2D eigenvalue weighted by atomic mass is 14.9. The molecular formula is C19H29N. The molecule has 3 unspecified atom stereocenters. The molecule has 1 aromatic rings. The molecule has 1 nitrogen and oxygen atoms in total. The van der Waals surface area contributed by atoms with E-state index in [9.17, 15) is 0 Å². The van der Waals surface area contributed by atoms with Crippen LogP contribution in [0.4, 0.5) is 0 Å². The summed E-state index contributed by atoms with van der Waals surface area (Å²) in [4.78, 5) is 0. The third-order valence-electron chi connectivity index (χ3n) is 5.21. The number of benzene rings is 1. The van der Waals surface area contributed by atoms with Crippen LogP contribution in [0, 0.1) is 17.8 Å². The van der Waals surface area contributed by atoms with E-state index < -0.39 is 0 Å².